The molecule has 2 unspecified atom stereocenters. The highest BCUT2D eigenvalue weighted by Crippen LogP contribution is 2.30. The monoisotopic (exact) mass is 263 g/mol. The average Bonchev–Trinajstić information content (AvgIpc) is 2.44. The smallest absolute Gasteiger partial charge is 0.0648 e. The number of nitrogens with zero attached hydrogens (tertiary/aromatic N) is 2. The van der Waals surface area contributed by atoms with Gasteiger partial charge in [-0.1, -0.05) is 6.92 Å². The predicted molar refractivity (Wildman–Crippen MR) is 76.1 cm³/mol. The molecule has 2 atom stereocenters. The van der Waals surface area contributed by atoms with E-state index in [1.54, 1.807) is 0 Å². The first-order valence-electron chi connectivity index (χ1n) is 7.34. The Balaban J connectivity index is 2.22. The summed E-state index contributed by atoms with van der Waals surface area (Å²) in [6.07, 6.45) is 3.52. The van der Waals surface area contributed by atoms with E-state index < -0.39 is 0 Å². The van der Waals surface area contributed by atoms with Gasteiger partial charge in [0.1, 0.15) is 0 Å². The summed E-state index contributed by atoms with van der Waals surface area (Å²) in [5.41, 5.74) is 3.31. The molecule has 1 aliphatic rings. The number of hydrogen-bond donors (Lipinski definition) is 1. The zero-order valence-corrected chi connectivity index (χ0v) is 12.3. The minimum Gasteiger partial charge on any atom is -0.381 e. The minimum atomic E-state index is 0.342. The first kappa shape index (κ1) is 14.4. The van der Waals surface area contributed by atoms with Gasteiger partial charge < -0.3 is 10.1 Å². The molecule has 2 heterocycles. The van der Waals surface area contributed by atoms with Crippen LogP contribution >= 0.6 is 0 Å². The average molecular weight is 263 g/mol. The van der Waals surface area contributed by atoms with Crippen LogP contribution in [-0.4, -0.2) is 30.0 Å². The van der Waals surface area contributed by atoms with E-state index in [4.69, 9.17) is 4.74 Å². The zero-order chi connectivity index (χ0) is 13.7. The first-order valence-corrected chi connectivity index (χ1v) is 7.34. The Morgan fingerprint density at radius 3 is 2.95 bits per heavy atom. The number of ether oxygens (including phenoxy) is 1. The van der Waals surface area contributed by atoms with Crippen molar-refractivity contribution in [3.8, 4) is 0 Å². The summed E-state index contributed by atoms with van der Waals surface area (Å²) in [5.74, 6) is 0.544. The Hall–Kier alpha value is -1.00. The number of nitrogens with one attached hydrogen (secondary N) is 1. The summed E-state index contributed by atoms with van der Waals surface area (Å²) >= 11 is 0. The highest BCUT2D eigenvalue weighted by atomic mass is 16.5. The van der Waals surface area contributed by atoms with E-state index in [-0.39, 0.29) is 0 Å². The van der Waals surface area contributed by atoms with Crippen LogP contribution in [0.4, 0.5) is 0 Å². The normalized spacial score (nSPS) is 21.3. The first-order chi connectivity index (χ1) is 9.22. The van der Waals surface area contributed by atoms with Crippen molar-refractivity contribution < 1.29 is 4.74 Å². The molecule has 1 saturated heterocycles. The van der Waals surface area contributed by atoms with Gasteiger partial charge in [0, 0.05) is 18.6 Å². The van der Waals surface area contributed by atoms with Crippen molar-refractivity contribution in [1.82, 2.24) is 15.5 Å². The third-order valence-corrected chi connectivity index (χ3v) is 3.76. The van der Waals surface area contributed by atoms with E-state index in [9.17, 15) is 0 Å². The summed E-state index contributed by atoms with van der Waals surface area (Å²) < 4.78 is 5.66. The highest BCUT2D eigenvalue weighted by Gasteiger charge is 2.26. The zero-order valence-electron chi connectivity index (χ0n) is 12.3. The van der Waals surface area contributed by atoms with Crippen molar-refractivity contribution in [3.05, 3.63) is 23.0 Å². The van der Waals surface area contributed by atoms with E-state index in [2.05, 4.69) is 28.5 Å². The third kappa shape index (κ3) is 3.74. The molecule has 0 aromatic carbocycles. The van der Waals surface area contributed by atoms with Crippen molar-refractivity contribution in [1.29, 1.82) is 0 Å². The molecule has 1 N–H and O–H groups in total. The molecule has 0 bridgehead atoms. The maximum atomic E-state index is 5.66. The summed E-state index contributed by atoms with van der Waals surface area (Å²) in [5, 5.41) is 12.1. The molecule has 0 spiro atoms. The van der Waals surface area contributed by atoms with Crippen molar-refractivity contribution in [2.24, 2.45) is 5.92 Å². The summed E-state index contributed by atoms with van der Waals surface area (Å²) in [6, 6.07) is 2.51. The molecule has 1 aromatic rings. The lowest BCUT2D eigenvalue weighted by molar-refractivity contribution is 0.0388. The van der Waals surface area contributed by atoms with Crippen LogP contribution in [0.3, 0.4) is 0 Å². The van der Waals surface area contributed by atoms with Gasteiger partial charge in [-0.05, 0) is 51.3 Å². The second-order valence-corrected chi connectivity index (χ2v) is 5.44. The van der Waals surface area contributed by atoms with Crippen LogP contribution in [-0.2, 0) is 4.74 Å². The van der Waals surface area contributed by atoms with Gasteiger partial charge in [-0.2, -0.15) is 10.2 Å². The van der Waals surface area contributed by atoms with Crippen LogP contribution in [0.5, 0.6) is 0 Å². The molecular formula is C15H25N3O. The molecule has 2 rings (SSSR count). The number of rotatable bonds is 5. The van der Waals surface area contributed by atoms with Gasteiger partial charge in [0.05, 0.1) is 18.0 Å². The molecular weight excluding hydrogens is 238 g/mol. The van der Waals surface area contributed by atoms with E-state index in [0.717, 1.165) is 44.0 Å². The second kappa shape index (κ2) is 6.96. The minimum absolute atomic E-state index is 0.342. The number of aryl methyl sites for hydroxylation is 2. The molecule has 0 saturated carbocycles. The van der Waals surface area contributed by atoms with Crippen molar-refractivity contribution in [2.75, 3.05) is 19.8 Å². The lowest BCUT2D eigenvalue weighted by atomic mass is 9.88. The lowest BCUT2D eigenvalue weighted by Crippen LogP contribution is -2.34. The largest absolute Gasteiger partial charge is 0.381 e. The molecule has 19 heavy (non-hydrogen) atoms. The van der Waals surface area contributed by atoms with Crippen LogP contribution in [0.2, 0.25) is 0 Å². The van der Waals surface area contributed by atoms with Gasteiger partial charge in [-0.25, -0.2) is 0 Å². The Kier molecular flexibility index (Phi) is 5.28. The topological polar surface area (TPSA) is 47.0 Å². The third-order valence-electron chi connectivity index (χ3n) is 3.76. The molecule has 1 fully saturated rings. The van der Waals surface area contributed by atoms with E-state index >= 15 is 0 Å². The summed E-state index contributed by atoms with van der Waals surface area (Å²) in [7, 11) is 0. The van der Waals surface area contributed by atoms with E-state index in [0.29, 0.717) is 12.0 Å². The SMILES string of the molecule is CCCNC(c1cc(C)nnc1C)C1CCCOC1. The number of aromatic nitrogens is 2. The maximum Gasteiger partial charge on any atom is 0.0648 e. The van der Waals surface area contributed by atoms with Gasteiger partial charge in [-0.3, -0.25) is 0 Å². The van der Waals surface area contributed by atoms with Crippen molar-refractivity contribution in [3.63, 3.8) is 0 Å². The summed E-state index contributed by atoms with van der Waals surface area (Å²) in [4.78, 5) is 0. The van der Waals surface area contributed by atoms with E-state index in [1.807, 2.05) is 13.8 Å². The Bertz CT molecular complexity index is 402. The van der Waals surface area contributed by atoms with Gasteiger partial charge in [-0.15, -0.1) is 0 Å². The highest BCUT2D eigenvalue weighted by molar-refractivity contribution is 5.24. The Labute approximate surface area is 116 Å². The fourth-order valence-electron chi connectivity index (χ4n) is 2.74. The standard InChI is InChI=1S/C15H25N3O/c1-4-7-16-15(13-6-5-8-19-10-13)14-9-11(2)17-18-12(14)3/h9,13,15-16H,4-8,10H2,1-3H3. The van der Waals surface area contributed by atoms with Gasteiger partial charge >= 0.3 is 0 Å². The molecule has 4 nitrogen and oxygen atoms in total. The van der Waals surface area contributed by atoms with E-state index in [1.165, 1.54) is 12.0 Å². The summed E-state index contributed by atoms with van der Waals surface area (Å²) in [6.45, 7) is 9.04. The molecule has 0 amide bonds. The molecule has 1 aliphatic heterocycles. The number of hydrogen-bond acceptors (Lipinski definition) is 4. The van der Waals surface area contributed by atoms with Crippen LogP contribution in [0.1, 0.15) is 49.2 Å². The molecule has 4 heteroatoms. The van der Waals surface area contributed by atoms with Gasteiger partial charge in [0.25, 0.3) is 0 Å². The van der Waals surface area contributed by atoms with Crippen LogP contribution < -0.4 is 5.32 Å². The van der Waals surface area contributed by atoms with Crippen LogP contribution in [0, 0.1) is 19.8 Å². The fourth-order valence-corrected chi connectivity index (χ4v) is 2.74. The molecule has 1 aromatic heterocycles. The fraction of sp³-hybridized carbons (Fsp3) is 0.733. The predicted octanol–water partition coefficient (Wildman–Crippen LogP) is 2.56. The Morgan fingerprint density at radius 2 is 2.26 bits per heavy atom. The lowest BCUT2D eigenvalue weighted by Gasteiger charge is -2.32. The van der Waals surface area contributed by atoms with Crippen LogP contribution in [0.25, 0.3) is 0 Å². The quantitative estimate of drug-likeness (QED) is 0.887. The van der Waals surface area contributed by atoms with Crippen LogP contribution in [0.15, 0.2) is 6.07 Å². The van der Waals surface area contributed by atoms with Gasteiger partial charge in [0.2, 0.25) is 0 Å². The van der Waals surface area contributed by atoms with Crippen molar-refractivity contribution >= 4 is 0 Å². The second-order valence-electron chi connectivity index (χ2n) is 5.44. The Morgan fingerprint density at radius 1 is 1.42 bits per heavy atom. The maximum absolute atomic E-state index is 5.66. The van der Waals surface area contributed by atoms with Gasteiger partial charge in [0.15, 0.2) is 0 Å². The van der Waals surface area contributed by atoms with Crippen molar-refractivity contribution in [2.45, 2.75) is 46.1 Å². The molecule has 0 aliphatic carbocycles. The molecule has 0 radical (unpaired) electrons. The molecule has 106 valence electrons.